The first-order valence-corrected chi connectivity index (χ1v) is 4.92. The Morgan fingerprint density at radius 3 is 2.35 bits per heavy atom. The minimum atomic E-state index is -0.654. The van der Waals surface area contributed by atoms with E-state index in [-0.39, 0.29) is 17.4 Å². The molecule has 17 heavy (non-hydrogen) atoms. The maximum atomic E-state index is 10.8. The molecule has 1 fully saturated rings. The minimum absolute atomic E-state index is 0.00444. The first-order valence-electron chi connectivity index (χ1n) is 4.92. The third-order valence-corrected chi connectivity index (χ3v) is 2.62. The number of nitro groups is 2. The fraction of sp³-hybridized carbons (Fsp3) is 0.333. The van der Waals surface area contributed by atoms with Gasteiger partial charge in [-0.25, -0.2) is 0 Å². The van der Waals surface area contributed by atoms with E-state index >= 15 is 0 Å². The Morgan fingerprint density at radius 1 is 1.24 bits per heavy atom. The molecular weight excluding hydrogens is 228 g/mol. The van der Waals surface area contributed by atoms with Crippen molar-refractivity contribution in [2.24, 2.45) is 5.73 Å². The summed E-state index contributed by atoms with van der Waals surface area (Å²) in [6, 6.07) is 3.62. The van der Waals surface area contributed by atoms with Crippen molar-refractivity contribution in [1.82, 2.24) is 0 Å². The van der Waals surface area contributed by atoms with Crippen LogP contribution in [-0.2, 0) is 0 Å². The quantitative estimate of drug-likeness (QED) is 0.610. The van der Waals surface area contributed by atoms with E-state index in [4.69, 9.17) is 5.73 Å². The number of nitro benzene ring substituents is 2. The molecule has 1 saturated heterocycles. The van der Waals surface area contributed by atoms with Gasteiger partial charge in [0.2, 0.25) is 0 Å². The van der Waals surface area contributed by atoms with Crippen LogP contribution >= 0.6 is 0 Å². The summed E-state index contributed by atoms with van der Waals surface area (Å²) in [7, 11) is 0. The highest BCUT2D eigenvalue weighted by Gasteiger charge is 2.30. The summed E-state index contributed by atoms with van der Waals surface area (Å²) < 4.78 is 0. The summed E-state index contributed by atoms with van der Waals surface area (Å²) in [5.41, 5.74) is 5.42. The SMILES string of the molecule is NC1CN(c2ccc([N+](=O)[O-])cc2[N+](=O)[O-])C1. The molecule has 8 heteroatoms. The molecule has 2 N–H and O–H groups in total. The van der Waals surface area contributed by atoms with Crippen LogP contribution in [0, 0.1) is 20.2 Å². The van der Waals surface area contributed by atoms with Gasteiger partial charge in [0.05, 0.1) is 15.9 Å². The van der Waals surface area contributed by atoms with Crippen LogP contribution < -0.4 is 10.6 Å². The number of anilines is 1. The Bertz CT molecular complexity index is 484. The van der Waals surface area contributed by atoms with E-state index in [0.29, 0.717) is 18.8 Å². The number of non-ortho nitro benzene ring substituents is 1. The van der Waals surface area contributed by atoms with Gasteiger partial charge in [0, 0.05) is 25.2 Å². The Labute approximate surface area is 95.9 Å². The highest BCUT2D eigenvalue weighted by Crippen LogP contribution is 2.33. The molecule has 1 aliphatic rings. The predicted molar refractivity (Wildman–Crippen MR) is 59.9 cm³/mol. The van der Waals surface area contributed by atoms with Crippen LogP contribution in [0.5, 0.6) is 0 Å². The molecule has 0 atom stereocenters. The van der Waals surface area contributed by atoms with Gasteiger partial charge in [0.1, 0.15) is 5.69 Å². The fourth-order valence-electron chi connectivity index (χ4n) is 1.75. The molecule has 90 valence electrons. The molecule has 0 bridgehead atoms. The number of nitrogens with zero attached hydrogens (tertiary/aromatic N) is 3. The normalized spacial score (nSPS) is 15.5. The second kappa shape index (κ2) is 3.98. The molecule has 0 aromatic heterocycles. The highest BCUT2D eigenvalue weighted by molar-refractivity contribution is 5.68. The summed E-state index contributed by atoms with van der Waals surface area (Å²) in [5.74, 6) is 0. The molecule has 0 unspecified atom stereocenters. The van der Waals surface area contributed by atoms with Gasteiger partial charge in [-0.1, -0.05) is 0 Å². The van der Waals surface area contributed by atoms with Crippen molar-refractivity contribution in [3.63, 3.8) is 0 Å². The minimum Gasteiger partial charge on any atom is -0.363 e. The number of nitrogens with two attached hydrogens (primary N) is 1. The number of hydrogen-bond donors (Lipinski definition) is 1. The van der Waals surface area contributed by atoms with E-state index in [2.05, 4.69) is 0 Å². The van der Waals surface area contributed by atoms with E-state index in [1.54, 1.807) is 4.90 Å². The second-order valence-corrected chi connectivity index (χ2v) is 3.85. The van der Waals surface area contributed by atoms with E-state index in [9.17, 15) is 20.2 Å². The van der Waals surface area contributed by atoms with Crippen LogP contribution in [0.4, 0.5) is 17.1 Å². The second-order valence-electron chi connectivity index (χ2n) is 3.85. The van der Waals surface area contributed by atoms with Crippen LogP contribution in [0.3, 0.4) is 0 Å². The van der Waals surface area contributed by atoms with Crippen LogP contribution in [0.15, 0.2) is 18.2 Å². The molecule has 1 aromatic rings. The number of rotatable bonds is 3. The summed E-state index contributed by atoms with van der Waals surface area (Å²) in [6.45, 7) is 1.05. The Hall–Kier alpha value is -2.22. The average molecular weight is 238 g/mol. The molecule has 0 amide bonds. The number of hydrogen-bond acceptors (Lipinski definition) is 6. The Balaban J connectivity index is 2.38. The molecule has 2 rings (SSSR count). The molecule has 0 saturated carbocycles. The first-order chi connectivity index (χ1) is 7.99. The Morgan fingerprint density at radius 2 is 1.88 bits per heavy atom. The zero-order valence-corrected chi connectivity index (χ0v) is 8.78. The molecule has 8 nitrogen and oxygen atoms in total. The highest BCUT2D eigenvalue weighted by atomic mass is 16.6. The molecule has 1 aliphatic heterocycles. The maximum Gasteiger partial charge on any atom is 0.299 e. The third kappa shape index (κ3) is 2.02. The van der Waals surface area contributed by atoms with Crippen molar-refractivity contribution in [3.05, 3.63) is 38.4 Å². The van der Waals surface area contributed by atoms with Crippen LogP contribution in [-0.4, -0.2) is 29.0 Å². The summed E-state index contributed by atoms with van der Waals surface area (Å²) in [4.78, 5) is 21.8. The molecule has 1 aromatic carbocycles. The lowest BCUT2D eigenvalue weighted by atomic mass is 10.1. The first kappa shape index (κ1) is 11.3. The summed E-state index contributed by atoms with van der Waals surface area (Å²) in [5, 5.41) is 21.4. The van der Waals surface area contributed by atoms with Gasteiger partial charge >= 0.3 is 0 Å². The smallest absolute Gasteiger partial charge is 0.299 e. The number of benzene rings is 1. The fourth-order valence-corrected chi connectivity index (χ4v) is 1.75. The zero-order chi connectivity index (χ0) is 12.6. The van der Waals surface area contributed by atoms with Gasteiger partial charge in [0.25, 0.3) is 11.4 Å². The van der Waals surface area contributed by atoms with Gasteiger partial charge in [-0.2, -0.15) is 0 Å². The molecule has 1 heterocycles. The lowest BCUT2D eigenvalue weighted by molar-refractivity contribution is -0.393. The van der Waals surface area contributed by atoms with Crippen LogP contribution in [0.25, 0.3) is 0 Å². The van der Waals surface area contributed by atoms with Crippen molar-refractivity contribution in [2.45, 2.75) is 6.04 Å². The predicted octanol–water partition coefficient (Wildman–Crippen LogP) is 0.650. The van der Waals surface area contributed by atoms with E-state index < -0.39 is 9.85 Å². The molecular formula is C9H10N4O4. The molecule has 0 aliphatic carbocycles. The van der Waals surface area contributed by atoms with Gasteiger partial charge < -0.3 is 10.6 Å². The van der Waals surface area contributed by atoms with E-state index in [0.717, 1.165) is 6.07 Å². The largest absolute Gasteiger partial charge is 0.363 e. The lowest BCUT2D eigenvalue weighted by Gasteiger charge is -2.38. The zero-order valence-electron chi connectivity index (χ0n) is 8.78. The van der Waals surface area contributed by atoms with Crippen LogP contribution in [0.2, 0.25) is 0 Å². The van der Waals surface area contributed by atoms with Gasteiger partial charge in [-0.3, -0.25) is 20.2 Å². The maximum absolute atomic E-state index is 10.8. The standard InChI is InChI=1S/C9H10N4O4/c10-6-4-11(5-6)8-2-1-7(12(14)15)3-9(8)13(16)17/h1-3,6H,4-5,10H2. The topological polar surface area (TPSA) is 116 Å². The van der Waals surface area contributed by atoms with Gasteiger partial charge in [-0.15, -0.1) is 0 Å². The van der Waals surface area contributed by atoms with E-state index in [1.807, 2.05) is 0 Å². The monoisotopic (exact) mass is 238 g/mol. The van der Waals surface area contributed by atoms with Crippen LogP contribution in [0.1, 0.15) is 0 Å². The third-order valence-electron chi connectivity index (χ3n) is 2.62. The summed E-state index contributed by atoms with van der Waals surface area (Å²) in [6.07, 6.45) is 0. The van der Waals surface area contributed by atoms with Crippen molar-refractivity contribution in [2.75, 3.05) is 18.0 Å². The lowest BCUT2D eigenvalue weighted by Crippen LogP contribution is -2.56. The van der Waals surface area contributed by atoms with Crippen molar-refractivity contribution < 1.29 is 9.85 Å². The van der Waals surface area contributed by atoms with Gasteiger partial charge in [-0.05, 0) is 6.07 Å². The van der Waals surface area contributed by atoms with Crippen molar-refractivity contribution >= 4 is 17.1 Å². The molecule has 0 spiro atoms. The van der Waals surface area contributed by atoms with Crippen molar-refractivity contribution in [3.8, 4) is 0 Å². The molecule has 0 radical (unpaired) electrons. The van der Waals surface area contributed by atoms with Gasteiger partial charge in [0.15, 0.2) is 0 Å². The average Bonchev–Trinajstić information content (AvgIpc) is 2.24. The van der Waals surface area contributed by atoms with Crippen molar-refractivity contribution in [1.29, 1.82) is 0 Å². The van der Waals surface area contributed by atoms with E-state index in [1.165, 1.54) is 12.1 Å². The summed E-state index contributed by atoms with van der Waals surface area (Å²) >= 11 is 0. The Kier molecular flexibility index (Phi) is 2.64.